The van der Waals surface area contributed by atoms with E-state index in [1.807, 2.05) is 60.7 Å². The third-order valence-electron chi connectivity index (χ3n) is 5.56. The molecule has 1 atom stereocenters. The van der Waals surface area contributed by atoms with Crippen LogP contribution >= 0.6 is 11.3 Å². The van der Waals surface area contributed by atoms with Crippen LogP contribution in [0.5, 0.6) is 5.06 Å². The molecule has 2 aliphatic rings. The SMILES string of the molecule is O=C(N[C@H]1N=C(c2ccccc2)c2ccccc2NC1=O)Oc1ccc(CN2CCOCC2)s1. The van der Waals surface area contributed by atoms with Gasteiger partial charge in [-0.15, -0.1) is 11.3 Å². The number of nitrogens with one attached hydrogen (secondary N) is 2. The summed E-state index contributed by atoms with van der Waals surface area (Å²) in [7, 11) is 0. The summed E-state index contributed by atoms with van der Waals surface area (Å²) in [6.07, 6.45) is -1.87. The highest BCUT2D eigenvalue weighted by atomic mass is 32.1. The molecule has 8 nitrogen and oxygen atoms in total. The molecule has 3 heterocycles. The van der Waals surface area contributed by atoms with Crippen molar-refractivity contribution in [3.8, 4) is 5.06 Å². The van der Waals surface area contributed by atoms with Gasteiger partial charge in [-0.3, -0.25) is 15.0 Å². The number of nitrogens with zero attached hydrogens (tertiary/aromatic N) is 2. The molecule has 1 saturated heterocycles. The fraction of sp³-hybridized carbons (Fsp3) is 0.240. The van der Waals surface area contributed by atoms with Gasteiger partial charge in [0.2, 0.25) is 6.17 Å². The minimum absolute atomic E-state index is 0.436. The molecule has 9 heteroatoms. The summed E-state index contributed by atoms with van der Waals surface area (Å²) in [6, 6.07) is 20.7. The molecule has 174 valence electrons. The number of aliphatic imine (C=N–C) groups is 1. The van der Waals surface area contributed by atoms with Crippen molar-refractivity contribution in [2.24, 2.45) is 4.99 Å². The molecule has 2 aromatic carbocycles. The van der Waals surface area contributed by atoms with Crippen LogP contribution in [0.2, 0.25) is 0 Å². The summed E-state index contributed by atoms with van der Waals surface area (Å²) >= 11 is 1.41. The van der Waals surface area contributed by atoms with E-state index >= 15 is 0 Å². The molecule has 0 aliphatic carbocycles. The fourth-order valence-corrected chi connectivity index (χ4v) is 4.79. The molecule has 0 unspecified atom stereocenters. The molecule has 1 aromatic heterocycles. The number of fused-ring (bicyclic) bond motifs is 1. The lowest BCUT2D eigenvalue weighted by atomic mass is 10.0. The van der Waals surface area contributed by atoms with Crippen molar-refractivity contribution in [3.05, 3.63) is 82.7 Å². The average molecular weight is 477 g/mol. The molecule has 3 aromatic rings. The number of hydrogen-bond acceptors (Lipinski definition) is 7. The van der Waals surface area contributed by atoms with Gasteiger partial charge in [0.15, 0.2) is 5.06 Å². The van der Waals surface area contributed by atoms with Gasteiger partial charge in [0.05, 0.1) is 24.6 Å². The first-order valence-corrected chi connectivity index (χ1v) is 11.9. The van der Waals surface area contributed by atoms with Crippen LogP contribution in [-0.2, 0) is 16.1 Å². The Bertz CT molecular complexity index is 1200. The minimum atomic E-state index is -1.14. The third kappa shape index (κ3) is 5.17. The quantitative estimate of drug-likeness (QED) is 0.588. The van der Waals surface area contributed by atoms with E-state index in [0.717, 1.165) is 48.9 Å². The van der Waals surface area contributed by atoms with E-state index in [4.69, 9.17) is 9.47 Å². The second kappa shape index (κ2) is 10.2. The number of carbonyl (C=O) groups excluding carboxylic acids is 2. The maximum Gasteiger partial charge on any atom is 0.415 e. The van der Waals surface area contributed by atoms with Crippen molar-refractivity contribution in [2.45, 2.75) is 12.7 Å². The molecule has 5 rings (SSSR count). The van der Waals surface area contributed by atoms with Crippen molar-refractivity contribution < 1.29 is 19.1 Å². The number of rotatable bonds is 5. The number of morpholine rings is 1. The molecule has 34 heavy (non-hydrogen) atoms. The Labute approximate surface area is 201 Å². The van der Waals surface area contributed by atoms with Crippen molar-refractivity contribution in [1.29, 1.82) is 0 Å². The van der Waals surface area contributed by atoms with Crippen molar-refractivity contribution >= 4 is 34.7 Å². The van der Waals surface area contributed by atoms with E-state index in [9.17, 15) is 9.59 Å². The van der Waals surface area contributed by atoms with Crippen LogP contribution < -0.4 is 15.4 Å². The van der Waals surface area contributed by atoms with Crippen LogP contribution in [0, 0.1) is 0 Å². The monoisotopic (exact) mass is 476 g/mol. The van der Waals surface area contributed by atoms with Crippen LogP contribution in [0.15, 0.2) is 71.7 Å². The van der Waals surface area contributed by atoms with Gasteiger partial charge in [0.25, 0.3) is 5.91 Å². The Hall–Kier alpha value is -3.53. The van der Waals surface area contributed by atoms with E-state index in [0.29, 0.717) is 16.5 Å². The molecule has 2 N–H and O–H groups in total. The van der Waals surface area contributed by atoms with Gasteiger partial charge in [-0.2, -0.15) is 0 Å². The summed E-state index contributed by atoms with van der Waals surface area (Å²) in [5.74, 6) is -0.436. The van der Waals surface area contributed by atoms with Gasteiger partial charge in [-0.25, -0.2) is 9.79 Å². The normalized spacial score (nSPS) is 18.3. The number of benzodiazepines with no additional fused rings is 1. The Morgan fingerprint density at radius 2 is 1.85 bits per heavy atom. The summed E-state index contributed by atoms with van der Waals surface area (Å²) in [4.78, 5) is 33.5. The van der Waals surface area contributed by atoms with Crippen molar-refractivity contribution in [1.82, 2.24) is 10.2 Å². The van der Waals surface area contributed by atoms with Gasteiger partial charge < -0.3 is 14.8 Å². The molecule has 2 aliphatic heterocycles. The summed E-state index contributed by atoms with van der Waals surface area (Å²) < 4.78 is 10.9. The molecule has 0 bridgehead atoms. The van der Waals surface area contributed by atoms with E-state index in [-0.39, 0.29) is 0 Å². The Balaban J connectivity index is 1.30. The zero-order valence-electron chi connectivity index (χ0n) is 18.4. The van der Waals surface area contributed by atoms with Crippen LogP contribution in [0.25, 0.3) is 0 Å². The first kappa shape index (κ1) is 22.3. The molecule has 2 amide bonds. The largest absolute Gasteiger partial charge is 0.415 e. The highest BCUT2D eigenvalue weighted by Crippen LogP contribution is 2.27. The predicted molar refractivity (Wildman–Crippen MR) is 131 cm³/mol. The number of amides is 2. The highest BCUT2D eigenvalue weighted by Gasteiger charge is 2.27. The number of thiophene rings is 1. The molecule has 0 saturated carbocycles. The number of anilines is 1. The van der Waals surface area contributed by atoms with Crippen molar-refractivity contribution in [2.75, 3.05) is 31.6 Å². The van der Waals surface area contributed by atoms with E-state index in [1.165, 1.54) is 11.3 Å². The maximum atomic E-state index is 12.9. The van der Waals surface area contributed by atoms with Gasteiger partial charge in [-0.05, 0) is 18.2 Å². The van der Waals surface area contributed by atoms with Crippen LogP contribution in [0.3, 0.4) is 0 Å². The lowest BCUT2D eigenvalue weighted by molar-refractivity contribution is -0.117. The van der Waals surface area contributed by atoms with Gasteiger partial charge in [0, 0.05) is 35.6 Å². The second-order valence-electron chi connectivity index (χ2n) is 7.92. The first-order valence-electron chi connectivity index (χ1n) is 11.1. The number of benzene rings is 2. The van der Waals surface area contributed by atoms with E-state index < -0.39 is 18.2 Å². The number of para-hydroxylation sites is 1. The maximum absolute atomic E-state index is 12.9. The van der Waals surface area contributed by atoms with E-state index in [2.05, 4.69) is 20.5 Å². The molecular formula is C25H24N4O4S. The van der Waals surface area contributed by atoms with Gasteiger partial charge >= 0.3 is 6.09 Å². The fourth-order valence-electron chi connectivity index (χ4n) is 3.89. The Morgan fingerprint density at radius 3 is 2.68 bits per heavy atom. The Morgan fingerprint density at radius 1 is 1.09 bits per heavy atom. The third-order valence-corrected chi connectivity index (χ3v) is 6.51. The molecule has 0 radical (unpaired) electrons. The minimum Gasteiger partial charge on any atom is -0.399 e. The predicted octanol–water partition coefficient (Wildman–Crippen LogP) is 3.48. The average Bonchev–Trinajstić information content (AvgIpc) is 3.23. The topological polar surface area (TPSA) is 92.3 Å². The van der Waals surface area contributed by atoms with E-state index in [1.54, 1.807) is 6.07 Å². The molecular weight excluding hydrogens is 452 g/mol. The Kier molecular flexibility index (Phi) is 6.66. The smallest absolute Gasteiger partial charge is 0.399 e. The highest BCUT2D eigenvalue weighted by molar-refractivity contribution is 7.13. The zero-order valence-corrected chi connectivity index (χ0v) is 19.2. The molecule has 0 spiro atoms. The lowest BCUT2D eigenvalue weighted by Gasteiger charge is -2.25. The number of hydrogen-bond donors (Lipinski definition) is 2. The molecule has 1 fully saturated rings. The van der Waals surface area contributed by atoms with Gasteiger partial charge in [-0.1, -0.05) is 48.5 Å². The van der Waals surface area contributed by atoms with Crippen LogP contribution in [0.4, 0.5) is 10.5 Å². The summed E-state index contributed by atoms with van der Waals surface area (Å²) in [5, 5.41) is 5.92. The standard InChI is InChI=1S/C25H24N4O4S/c30-24-23(27-22(17-6-2-1-3-7-17)19-8-4-5-9-20(19)26-24)28-25(31)33-21-11-10-18(34-21)16-29-12-14-32-15-13-29/h1-11,23H,12-16H2,(H,26,30)(H,28,31)/t23-/m1/s1. The number of ether oxygens (including phenoxy) is 2. The van der Waals surface area contributed by atoms with Gasteiger partial charge in [0.1, 0.15) is 0 Å². The van der Waals surface area contributed by atoms with Crippen molar-refractivity contribution in [3.63, 3.8) is 0 Å². The summed E-state index contributed by atoms with van der Waals surface area (Å²) in [5.41, 5.74) is 2.88. The summed E-state index contributed by atoms with van der Waals surface area (Å²) in [6.45, 7) is 4.02. The second-order valence-corrected chi connectivity index (χ2v) is 9.06. The number of carbonyl (C=O) groups is 2. The van der Waals surface area contributed by atoms with Crippen LogP contribution in [-0.4, -0.2) is 55.1 Å². The lowest BCUT2D eigenvalue weighted by Crippen LogP contribution is -2.43. The van der Waals surface area contributed by atoms with Crippen LogP contribution in [0.1, 0.15) is 16.0 Å². The zero-order chi connectivity index (χ0) is 23.3. The first-order chi connectivity index (χ1) is 16.7.